The lowest BCUT2D eigenvalue weighted by Gasteiger charge is -2.24. The zero-order valence-corrected chi connectivity index (χ0v) is 17.1. The first kappa shape index (κ1) is 20.2. The zero-order valence-electron chi connectivity index (χ0n) is 16.3. The van der Waals surface area contributed by atoms with Crippen molar-refractivity contribution in [1.29, 1.82) is 0 Å². The largest absolute Gasteiger partial charge is 0.508 e. The molecule has 0 spiro atoms. The average Bonchev–Trinajstić information content (AvgIpc) is 3.08. The summed E-state index contributed by atoms with van der Waals surface area (Å²) in [6, 6.07) is 15.6. The van der Waals surface area contributed by atoms with Gasteiger partial charge in [-0.1, -0.05) is 30.3 Å². The first-order chi connectivity index (χ1) is 13.5. The highest BCUT2D eigenvalue weighted by Gasteiger charge is 2.16. The molecule has 28 heavy (non-hydrogen) atoms. The van der Waals surface area contributed by atoms with Crippen LogP contribution in [0.2, 0.25) is 0 Å². The Balaban J connectivity index is 1.48. The summed E-state index contributed by atoms with van der Waals surface area (Å²) in [7, 11) is 4.08. The zero-order chi connectivity index (χ0) is 19.9. The minimum absolute atomic E-state index is 0.165. The van der Waals surface area contributed by atoms with Gasteiger partial charge in [0, 0.05) is 23.8 Å². The molecule has 0 aliphatic heterocycles. The molecule has 0 fully saturated rings. The van der Waals surface area contributed by atoms with Gasteiger partial charge in [0.25, 0.3) is 0 Å². The maximum atomic E-state index is 12.2. The van der Waals surface area contributed by atoms with E-state index in [1.165, 1.54) is 15.6 Å². The Labute approximate surface area is 170 Å². The van der Waals surface area contributed by atoms with Crippen LogP contribution >= 0.6 is 11.3 Å². The number of phenolic OH excluding ortho intramolecular Hbond substituents is 1. The van der Waals surface area contributed by atoms with E-state index in [1.54, 1.807) is 29.5 Å². The summed E-state index contributed by atoms with van der Waals surface area (Å²) in [5.74, 6) is 0.247. The van der Waals surface area contributed by atoms with Gasteiger partial charge in [-0.3, -0.25) is 0 Å². The number of hydrogen-bond acceptors (Lipinski definition) is 4. The summed E-state index contributed by atoms with van der Waals surface area (Å²) < 4.78 is 1.30. The topological polar surface area (TPSA) is 64.6 Å². The second-order valence-corrected chi connectivity index (χ2v) is 8.05. The van der Waals surface area contributed by atoms with Crippen LogP contribution < -0.4 is 10.6 Å². The fourth-order valence-corrected chi connectivity index (χ4v) is 4.16. The van der Waals surface area contributed by atoms with Gasteiger partial charge in [0.1, 0.15) is 5.75 Å². The Bertz CT molecular complexity index is 923. The molecule has 6 heteroatoms. The van der Waals surface area contributed by atoms with Crippen LogP contribution in [0.25, 0.3) is 10.1 Å². The molecule has 3 N–H and O–H groups in total. The van der Waals surface area contributed by atoms with Gasteiger partial charge in [0.15, 0.2) is 0 Å². The molecular formula is C22H27N3O2S. The van der Waals surface area contributed by atoms with Crippen molar-refractivity contribution in [2.24, 2.45) is 0 Å². The number of carbonyl (C=O) groups excluding carboxylic acids is 1. The summed E-state index contributed by atoms with van der Waals surface area (Å²) >= 11 is 1.77. The number of aromatic hydroxyl groups is 1. The Morgan fingerprint density at radius 2 is 1.96 bits per heavy atom. The molecule has 0 aliphatic carbocycles. The van der Waals surface area contributed by atoms with Gasteiger partial charge in [-0.05, 0) is 67.0 Å². The summed E-state index contributed by atoms with van der Waals surface area (Å²) in [4.78, 5) is 14.3. The third-order valence-electron chi connectivity index (χ3n) is 4.86. The number of carbonyl (C=O) groups is 1. The number of thiophene rings is 1. The van der Waals surface area contributed by atoms with Gasteiger partial charge < -0.3 is 20.6 Å². The maximum Gasteiger partial charge on any atom is 0.314 e. The molecule has 0 saturated heterocycles. The van der Waals surface area contributed by atoms with Crippen molar-refractivity contribution in [1.82, 2.24) is 15.5 Å². The fourth-order valence-electron chi connectivity index (χ4n) is 3.19. The maximum absolute atomic E-state index is 12.2. The number of urea groups is 1. The number of amides is 2. The number of likely N-dealkylation sites (N-methyl/N-ethyl adjacent to an activating group) is 1. The second-order valence-electron chi connectivity index (χ2n) is 7.14. The lowest BCUT2D eigenvalue weighted by molar-refractivity contribution is 0.232. The van der Waals surface area contributed by atoms with Crippen LogP contribution in [-0.2, 0) is 12.8 Å². The summed E-state index contributed by atoms with van der Waals surface area (Å²) in [6.07, 6.45) is 1.57. The van der Waals surface area contributed by atoms with Crippen LogP contribution in [0.15, 0.2) is 53.9 Å². The van der Waals surface area contributed by atoms with Crippen LogP contribution in [0, 0.1) is 0 Å². The molecular weight excluding hydrogens is 370 g/mol. The van der Waals surface area contributed by atoms with Crippen LogP contribution in [0.1, 0.15) is 11.1 Å². The highest BCUT2D eigenvalue weighted by atomic mass is 32.1. The Morgan fingerprint density at radius 3 is 2.75 bits per heavy atom. The average molecular weight is 398 g/mol. The lowest BCUT2D eigenvalue weighted by Crippen LogP contribution is -2.45. The van der Waals surface area contributed by atoms with E-state index < -0.39 is 0 Å². The molecule has 2 aromatic carbocycles. The minimum Gasteiger partial charge on any atom is -0.508 e. The molecule has 1 aromatic heterocycles. The van der Waals surface area contributed by atoms with Crippen molar-refractivity contribution in [3.05, 3.63) is 65.0 Å². The number of rotatable bonds is 8. The number of hydrogen-bond donors (Lipinski definition) is 3. The molecule has 2 amide bonds. The normalized spacial score (nSPS) is 12.2. The number of nitrogens with one attached hydrogen (secondary N) is 2. The second kappa shape index (κ2) is 9.57. The van der Waals surface area contributed by atoms with Crippen LogP contribution in [0.3, 0.4) is 0 Å². The highest BCUT2D eigenvalue weighted by Crippen LogP contribution is 2.27. The molecule has 148 valence electrons. The van der Waals surface area contributed by atoms with Crippen molar-refractivity contribution in [2.75, 3.05) is 27.2 Å². The monoisotopic (exact) mass is 397 g/mol. The first-order valence-electron chi connectivity index (χ1n) is 9.44. The summed E-state index contributed by atoms with van der Waals surface area (Å²) in [5, 5.41) is 18.9. The van der Waals surface area contributed by atoms with Crippen molar-refractivity contribution < 1.29 is 9.90 Å². The van der Waals surface area contributed by atoms with Gasteiger partial charge in [0.05, 0.1) is 0 Å². The molecule has 3 rings (SSSR count). The van der Waals surface area contributed by atoms with Crippen LogP contribution in [-0.4, -0.2) is 49.3 Å². The van der Waals surface area contributed by atoms with Crippen molar-refractivity contribution in [2.45, 2.75) is 18.9 Å². The number of fused-ring (bicyclic) bond motifs is 1. The van der Waals surface area contributed by atoms with E-state index in [4.69, 9.17) is 0 Å². The molecule has 0 saturated carbocycles. The summed E-state index contributed by atoms with van der Waals surface area (Å²) in [5.41, 5.74) is 2.32. The predicted molar refractivity (Wildman–Crippen MR) is 116 cm³/mol. The van der Waals surface area contributed by atoms with E-state index in [-0.39, 0.29) is 17.8 Å². The van der Waals surface area contributed by atoms with Gasteiger partial charge in [-0.25, -0.2) is 4.79 Å². The molecule has 1 atom stereocenters. The van der Waals surface area contributed by atoms with Crippen molar-refractivity contribution in [3.63, 3.8) is 0 Å². The molecule has 5 nitrogen and oxygen atoms in total. The van der Waals surface area contributed by atoms with Crippen molar-refractivity contribution in [3.8, 4) is 5.75 Å². The van der Waals surface area contributed by atoms with Gasteiger partial charge >= 0.3 is 6.03 Å². The van der Waals surface area contributed by atoms with Gasteiger partial charge in [-0.15, -0.1) is 11.3 Å². The third-order valence-corrected chi connectivity index (χ3v) is 5.87. The minimum atomic E-state index is -0.165. The molecule has 1 unspecified atom stereocenters. The predicted octanol–water partition coefficient (Wildman–Crippen LogP) is 3.62. The Kier molecular flexibility index (Phi) is 6.90. The quantitative estimate of drug-likeness (QED) is 0.544. The molecule has 0 bridgehead atoms. The SMILES string of the molecule is CN(C)C(CNC(=O)NCCc1cccc(O)c1)Cc1csc2ccccc12. The van der Waals surface area contributed by atoms with E-state index in [2.05, 4.69) is 45.2 Å². The summed E-state index contributed by atoms with van der Waals surface area (Å²) in [6.45, 7) is 1.10. The van der Waals surface area contributed by atoms with E-state index in [9.17, 15) is 9.90 Å². The number of nitrogens with zero attached hydrogens (tertiary/aromatic N) is 1. The van der Waals surface area contributed by atoms with E-state index in [0.29, 0.717) is 19.5 Å². The molecule has 0 aliphatic rings. The van der Waals surface area contributed by atoms with Gasteiger partial charge in [0.2, 0.25) is 0 Å². The van der Waals surface area contributed by atoms with E-state index in [1.807, 2.05) is 20.2 Å². The Hall–Kier alpha value is -2.57. The molecule has 1 heterocycles. The van der Waals surface area contributed by atoms with Crippen LogP contribution in [0.5, 0.6) is 5.75 Å². The lowest BCUT2D eigenvalue weighted by atomic mass is 10.0. The Morgan fingerprint density at radius 1 is 1.14 bits per heavy atom. The number of phenols is 1. The van der Waals surface area contributed by atoms with E-state index >= 15 is 0 Å². The highest BCUT2D eigenvalue weighted by molar-refractivity contribution is 7.17. The van der Waals surface area contributed by atoms with Gasteiger partial charge in [-0.2, -0.15) is 0 Å². The smallest absolute Gasteiger partial charge is 0.314 e. The van der Waals surface area contributed by atoms with Crippen LogP contribution in [0.4, 0.5) is 4.79 Å². The molecule has 3 aromatic rings. The first-order valence-corrected chi connectivity index (χ1v) is 10.3. The third kappa shape index (κ3) is 5.47. The number of benzene rings is 2. The standard InChI is InChI=1S/C22H27N3O2S/c1-25(2)18(13-17-15-28-21-9-4-3-8-20(17)21)14-24-22(27)23-11-10-16-6-5-7-19(26)12-16/h3-9,12,15,18,26H,10-11,13-14H2,1-2H3,(H2,23,24,27). The fraction of sp³-hybridized carbons (Fsp3) is 0.318. The molecule has 0 radical (unpaired) electrons. The van der Waals surface area contributed by atoms with Crippen molar-refractivity contribution >= 4 is 27.5 Å². The van der Waals surface area contributed by atoms with E-state index in [0.717, 1.165) is 12.0 Å².